The lowest BCUT2D eigenvalue weighted by Gasteiger charge is -2.20. The third kappa shape index (κ3) is 3.90. The van der Waals surface area contributed by atoms with Crippen LogP contribution in [0.4, 0.5) is 5.69 Å². The number of aromatic nitrogens is 3. The first kappa shape index (κ1) is 16.8. The van der Waals surface area contributed by atoms with Crippen molar-refractivity contribution in [1.29, 1.82) is 0 Å². The number of nitrogen functional groups attached to an aromatic ring is 1. The highest BCUT2D eigenvalue weighted by atomic mass is 32.2. The van der Waals surface area contributed by atoms with E-state index in [9.17, 15) is 4.79 Å². The van der Waals surface area contributed by atoms with Crippen LogP contribution in [0.2, 0.25) is 0 Å². The van der Waals surface area contributed by atoms with Crippen LogP contribution in [0.25, 0.3) is 0 Å². The van der Waals surface area contributed by atoms with Gasteiger partial charge >= 0.3 is 0 Å². The van der Waals surface area contributed by atoms with Gasteiger partial charge in [-0.2, -0.15) is 0 Å². The molecule has 1 atom stereocenters. The molecule has 1 aromatic heterocycles. The molecule has 7 heteroatoms. The maximum atomic E-state index is 12.3. The van der Waals surface area contributed by atoms with Gasteiger partial charge in [-0.1, -0.05) is 49.2 Å². The second-order valence-corrected chi connectivity index (χ2v) is 7.47. The van der Waals surface area contributed by atoms with Crippen LogP contribution >= 0.6 is 11.8 Å². The molecule has 0 unspecified atom stereocenters. The minimum absolute atomic E-state index is 0.0755. The molecule has 1 aromatic carbocycles. The van der Waals surface area contributed by atoms with E-state index in [1.807, 2.05) is 37.3 Å². The van der Waals surface area contributed by atoms with Crippen molar-refractivity contribution in [3.63, 3.8) is 0 Å². The molecule has 0 aliphatic heterocycles. The number of hydrogen-bond acceptors (Lipinski definition) is 5. The van der Waals surface area contributed by atoms with Crippen LogP contribution in [-0.4, -0.2) is 26.0 Å². The SMILES string of the molecule is C[C@@H](Sc1nnc(C2CCCCC2)n1N)C(=O)Nc1ccccc1. The van der Waals surface area contributed by atoms with E-state index in [1.165, 1.54) is 31.0 Å². The molecule has 0 saturated heterocycles. The van der Waals surface area contributed by atoms with Crippen LogP contribution in [0.15, 0.2) is 35.5 Å². The van der Waals surface area contributed by atoms with Crippen molar-refractivity contribution < 1.29 is 4.79 Å². The van der Waals surface area contributed by atoms with E-state index < -0.39 is 0 Å². The Morgan fingerprint density at radius 2 is 1.96 bits per heavy atom. The van der Waals surface area contributed by atoms with Crippen molar-refractivity contribution >= 4 is 23.4 Å². The maximum Gasteiger partial charge on any atom is 0.237 e. The Bertz CT molecular complexity index is 682. The van der Waals surface area contributed by atoms with E-state index in [1.54, 1.807) is 4.68 Å². The molecule has 6 nitrogen and oxygen atoms in total. The summed E-state index contributed by atoms with van der Waals surface area (Å²) in [7, 11) is 0. The van der Waals surface area contributed by atoms with Gasteiger partial charge in [0, 0.05) is 11.6 Å². The van der Waals surface area contributed by atoms with E-state index in [0.29, 0.717) is 11.1 Å². The van der Waals surface area contributed by atoms with E-state index in [2.05, 4.69) is 15.5 Å². The lowest BCUT2D eigenvalue weighted by Crippen LogP contribution is -2.24. The lowest BCUT2D eigenvalue weighted by atomic mass is 9.89. The van der Waals surface area contributed by atoms with Gasteiger partial charge in [0.25, 0.3) is 0 Å². The topological polar surface area (TPSA) is 85.8 Å². The number of thioether (sulfide) groups is 1. The molecule has 1 amide bonds. The summed E-state index contributed by atoms with van der Waals surface area (Å²) < 4.78 is 1.56. The van der Waals surface area contributed by atoms with Crippen molar-refractivity contribution in [3.8, 4) is 0 Å². The molecule has 24 heavy (non-hydrogen) atoms. The molecular formula is C17H23N5OS. The quantitative estimate of drug-likeness (QED) is 0.642. The zero-order valence-corrected chi connectivity index (χ0v) is 14.6. The smallest absolute Gasteiger partial charge is 0.237 e. The number of nitrogens with zero attached hydrogens (tertiary/aromatic N) is 3. The second-order valence-electron chi connectivity index (χ2n) is 6.16. The fraction of sp³-hybridized carbons (Fsp3) is 0.471. The van der Waals surface area contributed by atoms with Crippen LogP contribution in [-0.2, 0) is 4.79 Å². The first-order valence-corrected chi connectivity index (χ1v) is 9.26. The minimum Gasteiger partial charge on any atom is -0.336 e. The molecule has 1 fully saturated rings. The molecular weight excluding hydrogens is 322 g/mol. The fourth-order valence-corrected chi connectivity index (χ4v) is 3.76. The predicted octanol–water partition coefficient (Wildman–Crippen LogP) is 3.16. The molecule has 128 valence electrons. The Labute approximate surface area is 146 Å². The largest absolute Gasteiger partial charge is 0.336 e. The minimum atomic E-state index is -0.309. The van der Waals surface area contributed by atoms with E-state index in [4.69, 9.17) is 5.84 Å². The number of para-hydroxylation sites is 1. The number of carbonyl (C=O) groups excluding carboxylic acids is 1. The molecule has 3 N–H and O–H groups in total. The zero-order chi connectivity index (χ0) is 16.9. The third-order valence-electron chi connectivity index (χ3n) is 4.35. The standard InChI is InChI=1S/C17H23N5OS/c1-12(16(23)19-14-10-6-3-7-11-14)24-17-21-20-15(22(17)18)13-8-4-2-5-9-13/h3,6-7,10-13H,2,4-5,8-9,18H2,1H3,(H,19,23)/t12-/m1/s1. The Balaban J connectivity index is 1.63. The van der Waals surface area contributed by atoms with Crippen molar-refractivity contribution in [2.75, 3.05) is 11.2 Å². The highest BCUT2D eigenvalue weighted by Crippen LogP contribution is 2.32. The van der Waals surface area contributed by atoms with Crippen LogP contribution in [0.1, 0.15) is 50.8 Å². The number of anilines is 1. The highest BCUT2D eigenvalue weighted by Gasteiger charge is 2.24. The summed E-state index contributed by atoms with van der Waals surface area (Å²) in [6, 6.07) is 9.42. The Hall–Kier alpha value is -2.02. The number of nitrogens with two attached hydrogens (primary N) is 1. The Morgan fingerprint density at radius 1 is 1.25 bits per heavy atom. The number of rotatable bonds is 5. The molecule has 0 radical (unpaired) electrons. The van der Waals surface area contributed by atoms with Gasteiger partial charge in [-0.15, -0.1) is 10.2 Å². The molecule has 1 aliphatic carbocycles. The number of hydrogen-bond donors (Lipinski definition) is 2. The summed E-state index contributed by atoms with van der Waals surface area (Å²) in [4.78, 5) is 12.3. The molecule has 1 heterocycles. The van der Waals surface area contributed by atoms with Crippen molar-refractivity contribution in [3.05, 3.63) is 36.2 Å². The van der Waals surface area contributed by atoms with E-state index >= 15 is 0 Å². The molecule has 0 bridgehead atoms. The summed E-state index contributed by atoms with van der Waals surface area (Å²) in [5, 5.41) is 11.6. The van der Waals surface area contributed by atoms with Crippen LogP contribution in [0.3, 0.4) is 0 Å². The van der Waals surface area contributed by atoms with Gasteiger partial charge in [0.15, 0.2) is 5.82 Å². The third-order valence-corrected chi connectivity index (χ3v) is 5.41. The highest BCUT2D eigenvalue weighted by molar-refractivity contribution is 8.00. The summed E-state index contributed by atoms with van der Waals surface area (Å²) >= 11 is 1.33. The normalized spacial score (nSPS) is 16.7. The molecule has 3 rings (SSSR count). The number of amides is 1. The number of benzene rings is 1. The van der Waals surface area contributed by atoms with E-state index in [0.717, 1.165) is 24.4 Å². The summed E-state index contributed by atoms with van der Waals surface area (Å²) in [5.41, 5.74) is 0.784. The maximum absolute atomic E-state index is 12.3. The Morgan fingerprint density at radius 3 is 2.67 bits per heavy atom. The summed E-state index contributed by atoms with van der Waals surface area (Å²) in [6.45, 7) is 1.85. The monoisotopic (exact) mass is 345 g/mol. The van der Waals surface area contributed by atoms with Crippen LogP contribution in [0, 0.1) is 0 Å². The van der Waals surface area contributed by atoms with Crippen LogP contribution < -0.4 is 11.2 Å². The van der Waals surface area contributed by atoms with Gasteiger partial charge < -0.3 is 11.2 Å². The second kappa shape index (κ2) is 7.70. The predicted molar refractivity (Wildman–Crippen MR) is 96.4 cm³/mol. The molecule has 2 aromatic rings. The molecule has 1 aliphatic rings. The van der Waals surface area contributed by atoms with Crippen molar-refractivity contribution in [1.82, 2.24) is 14.9 Å². The summed E-state index contributed by atoms with van der Waals surface area (Å²) in [5.74, 6) is 7.33. The first-order chi connectivity index (χ1) is 11.6. The summed E-state index contributed by atoms with van der Waals surface area (Å²) in [6.07, 6.45) is 5.95. The van der Waals surface area contributed by atoms with Gasteiger partial charge in [-0.25, -0.2) is 4.68 Å². The van der Waals surface area contributed by atoms with Crippen molar-refractivity contribution in [2.24, 2.45) is 0 Å². The van der Waals surface area contributed by atoms with Gasteiger partial charge in [-0.3, -0.25) is 4.79 Å². The molecule has 1 saturated carbocycles. The number of nitrogens with one attached hydrogen (secondary N) is 1. The van der Waals surface area contributed by atoms with E-state index in [-0.39, 0.29) is 11.2 Å². The molecule has 0 spiro atoms. The Kier molecular flexibility index (Phi) is 5.40. The first-order valence-electron chi connectivity index (χ1n) is 8.38. The average Bonchev–Trinajstić information content (AvgIpc) is 2.97. The van der Waals surface area contributed by atoms with Gasteiger partial charge in [0.2, 0.25) is 11.1 Å². The van der Waals surface area contributed by atoms with Gasteiger partial charge in [-0.05, 0) is 31.9 Å². The average molecular weight is 345 g/mol. The lowest BCUT2D eigenvalue weighted by molar-refractivity contribution is -0.115. The van der Waals surface area contributed by atoms with Gasteiger partial charge in [0.05, 0.1) is 5.25 Å². The fourth-order valence-electron chi connectivity index (χ4n) is 2.98. The van der Waals surface area contributed by atoms with Crippen molar-refractivity contribution in [2.45, 2.75) is 55.4 Å². The van der Waals surface area contributed by atoms with Gasteiger partial charge in [0.1, 0.15) is 0 Å². The number of carbonyl (C=O) groups is 1. The zero-order valence-electron chi connectivity index (χ0n) is 13.8. The van der Waals surface area contributed by atoms with Crippen LogP contribution in [0.5, 0.6) is 0 Å².